The quantitative estimate of drug-likeness (QED) is 0.324. The van der Waals surface area contributed by atoms with Gasteiger partial charge in [0.05, 0.1) is 22.3 Å². The maximum Gasteiger partial charge on any atom is 0.333 e. The highest BCUT2D eigenvalue weighted by Crippen LogP contribution is 2.20. The van der Waals surface area contributed by atoms with Crippen molar-refractivity contribution in [1.29, 1.82) is 0 Å². The number of H-pyrrole nitrogens is 1. The first-order valence-corrected chi connectivity index (χ1v) is 10.6. The van der Waals surface area contributed by atoms with Crippen molar-refractivity contribution in [2.45, 2.75) is 6.04 Å². The molecule has 0 fully saturated rings. The van der Waals surface area contributed by atoms with Gasteiger partial charge in [-0.15, -0.1) is 0 Å². The number of benzene rings is 3. The molecule has 0 radical (unpaired) electrons. The molecule has 0 aliphatic carbocycles. The summed E-state index contributed by atoms with van der Waals surface area (Å²) in [6.07, 6.45) is 0. The molecule has 0 saturated carbocycles. The van der Waals surface area contributed by atoms with Gasteiger partial charge in [0.2, 0.25) is 0 Å². The first-order chi connectivity index (χ1) is 16.7. The molecule has 1 heterocycles. The molecule has 3 aromatic carbocycles. The molecule has 4 N–H and O–H groups in total. The van der Waals surface area contributed by atoms with E-state index < -0.39 is 35.0 Å². The van der Waals surface area contributed by atoms with Crippen LogP contribution in [0.1, 0.15) is 22.0 Å². The van der Waals surface area contributed by atoms with Gasteiger partial charge in [0.1, 0.15) is 5.82 Å². The fourth-order valence-corrected chi connectivity index (χ4v) is 3.81. The molecular weight excluding hydrogens is 479 g/mol. The van der Waals surface area contributed by atoms with E-state index in [1.807, 2.05) is 0 Å². The van der Waals surface area contributed by atoms with Gasteiger partial charge in [-0.1, -0.05) is 23.7 Å². The van der Waals surface area contributed by atoms with E-state index in [9.17, 15) is 28.7 Å². The number of carbonyl (C=O) groups is 2. The number of carboxylic acid groups (broad SMARTS) is 1. The number of carbonyl (C=O) groups excluding carboxylic acids is 1. The van der Waals surface area contributed by atoms with Crippen molar-refractivity contribution in [3.63, 3.8) is 0 Å². The Morgan fingerprint density at radius 2 is 1.80 bits per heavy atom. The topological polar surface area (TPSA) is 133 Å². The second-order valence-corrected chi connectivity index (χ2v) is 7.98. The van der Waals surface area contributed by atoms with Gasteiger partial charge in [0.25, 0.3) is 11.5 Å². The predicted molar refractivity (Wildman–Crippen MR) is 129 cm³/mol. The molecule has 4 aromatic rings. The van der Waals surface area contributed by atoms with Crippen molar-refractivity contribution in [3.05, 3.63) is 103 Å². The zero-order valence-corrected chi connectivity index (χ0v) is 18.9. The third kappa shape index (κ3) is 4.64. The summed E-state index contributed by atoms with van der Waals surface area (Å²) in [5.41, 5.74) is -0.682. The SMILES string of the molecule is CNc1cc2[nH]c(=O)n(-c3ccc(C(=O)NC(C(=O)O)c4cccc(Cl)c4)cc3)c(=O)c2cc1F. The lowest BCUT2D eigenvalue weighted by Crippen LogP contribution is -2.34. The number of aromatic nitrogens is 2. The summed E-state index contributed by atoms with van der Waals surface area (Å²) in [5.74, 6) is -2.62. The Kier molecular flexibility index (Phi) is 6.39. The summed E-state index contributed by atoms with van der Waals surface area (Å²) in [7, 11) is 1.51. The number of amides is 1. The van der Waals surface area contributed by atoms with Gasteiger partial charge in [0.15, 0.2) is 6.04 Å². The smallest absolute Gasteiger partial charge is 0.333 e. The van der Waals surface area contributed by atoms with E-state index in [0.29, 0.717) is 5.02 Å². The van der Waals surface area contributed by atoms with Gasteiger partial charge in [-0.05, 0) is 54.1 Å². The Labute approximate surface area is 201 Å². The molecule has 11 heteroatoms. The summed E-state index contributed by atoms with van der Waals surface area (Å²) in [6.45, 7) is 0. The first kappa shape index (κ1) is 23.7. The number of fused-ring (bicyclic) bond motifs is 1. The second kappa shape index (κ2) is 9.43. The molecule has 4 rings (SSSR count). The predicted octanol–water partition coefficient (Wildman–Crippen LogP) is 3.07. The van der Waals surface area contributed by atoms with Gasteiger partial charge in [-0.2, -0.15) is 0 Å². The van der Waals surface area contributed by atoms with Gasteiger partial charge in [-0.3, -0.25) is 9.59 Å². The summed E-state index contributed by atoms with van der Waals surface area (Å²) in [4.78, 5) is 52.4. The number of halogens is 2. The molecule has 0 bridgehead atoms. The lowest BCUT2D eigenvalue weighted by Gasteiger charge is -2.15. The monoisotopic (exact) mass is 496 g/mol. The normalized spacial score (nSPS) is 11.7. The molecule has 1 amide bonds. The van der Waals surface area contributed by atoms with E-state index in [0.717, 1.165) is 10.6 Å². The largest absolute Gasteiger partial charge is 0.479 e. The van der Waals surface area contributed by atoms with Crippen molar-refractivity contribution in [2.24, 2.45) is 0 Å². The minimum absolute atomic E-state index is 0.0336. The highest BCUT2D eigenvalue weighted by Gasteiger charge is 2.23. The van der Waals surface area contributed by atoms with Crippen molar-refractivity contribution in [2.75, 3.05) is 12.4 Å². The Hall–Kier alpha value is -4.44. The molecule has 1 unspecified atom stereocenters. The molecule has 35 heavy (non-hydrogen) atoms. The second-order valence-electron chi connectivity index (χ2n) is 7.54. The number of nitrogens with zero attached hydrogens (tertiary/aromatic N) is 1. The number of hydrogen-bond donors (Lipinski definition) is 4. The van der Waals surface area contributed by atoms with Crippen LogP contribution in [0.2, 0.25) is 5.02 Å². The number of carboxylic acids is 1. The standard InChI is InChI=1S/C24H18ClFN4O5/c1-27-19-11-18-16(10-17(19)26)22(32)30(24(35)28-18)15-7-5-12(6-8-15)21(31)29-20(23(33)34)13-3-2-4-14(25)9-13/h2-11,20,27H,1H3,(H,28,35)(H,29,31)(H,33,34). The average molecular weight is 497 g/mol. The van der Waals surface area contributed by atoms with Crippen molar-refractivity contribution in [3.8, 4) is 5.69 Å². The van der Waals surface area contributed by atoms with Crippen LogP contribution in [0.5, 0.6) is 0 Å². The van der Waals surface area contributed by atoms with Crippen LogP contribution in [0, 0.1) is 5.82 Å². The van der Waals surface area contributed by atoms with Gasteiger partial charge < -0.3 is 20.7 Å². The van der Waals surface area contributed by atoms with Crippen LogP contribution in [0.3, 0.4) is 0 Å². The van der Waals surface area contributed by atoms with Gasteiger partial charge in [-0.25, -0.2) is 18.5 Å². The minimum Gasteiger partial charge on any atom is -0.479 e. The molecule has 1 aromatic heterocycles. The van der Waals surface area contributed by atoms with Crippen LogP contribution in [0.25, 0.3) is 16.6 Å². The lowest BCUT2D eigenvalue weighted by atomic mass is 10.1. The molecule has 0 aliphatic heterocycles. The van der Waals surface area contributed by atoms with E-state index in [4.69, 9.17) is 11.6 Å². The first-order valence-electron chi connectivity index (χ1n) is 10.3. The van der Waals surface area contributed by atoms with Gasteiger partial charge >= 0.3 is 11.7 Å². The summed E-state index contributed by atoms with van der Waals surface area (Å²) >= 11 is 5.92. The van der Waals surface area contributed by atoms with E-state index in [2.05, 4.69) is 15.6 Å². The number of rotatable bonds is 6. The maximum atomic E-state index is 14.2. The maximum absolute atomic E-state index is 14.2. The summed E-state index contributed by atoms with van der Waals surface area (Å²) in [5, 5.41) is 14.9. The fraction of sp³-hybridized carbons (Fsp3) is 0.0833. The Bertz CT molecular complexity index is 1580. The lowest BCUT2D eigenvalue weighted by molar-refractivity contribution is -0.139. The molecule has 9 nitrogen and oxygen atoms in total. The molecular formula is C24H18ClFN4O5. The van der Waals surface area contributed by atoms with E-state index >= 15 is 0 Å². The van der Waals surface area contributed by atoms with E-state index in [-0.39, 0.29) is 33.4 Å². The van der Waals surface area contributed by atoms with Gasteiger partial charge in [0, 0.05) is 17.6 Å². The minimum atomic E-state index is -1.34. The highest BCUT2D eigenvalue weighted by molar-refractivity contribution is 6.30. The Morgan fingerprint density at radius 3 is 2.43 bits per heavy atom. The molecule has 0 spiro atoms. The highest BCUT2D eigenvalue weighted by atomic mass is 35.5. The number of aliphatic carboxylic acids is 1. The van der Waals surface area contributed by atoms with Crippen LogP contribution in [0.15, 0.2) is 70.3 Å². The summed E-state index contributed by atoms with van der Waals surface area (Å²) < 4.78 is 15.0. The zero-order chi connectivity index (χ0) is 25.3. The van der Waals surface area contributed by atoms with Crippen LogP contribution in [-0.4, -0.2) is 33.6 Å². The van der Waals surface area contributed by atoms with E-state index in [1.165, 1.54) is 49.5 Å². The molecule has 0 aliphatic rings. The van der Waals surface area contributed by atoms with Crippen molar-refractivity contribution in [1.82, 2.24) is 14.9 Å². The number of aromatic amines is 1. The number of nitrogens with one attached hydrogen (secondary N) is 3. The van der Waals surface area contributed by atoms with Crippen molar-refractivity contribution >= 4 is 40.1 Å². The van der Waals surface area contributed by atoms with E-state index in [1.54, 1.807) is 12.1 Å². The average Bonchev–Trinajstić information content (AvgIpc) is 2.83. The van der Waals surface area contributed by atoms with Crippen LogP contribution in [0.4, 0.5) is 10.1 Å². The molecule has 178 valence electrons. The van der Waals surface area contributed by atoms with Crippen molar-refractivity contribution < 1.29 is 19.1 Å². The molecule has 0 saturated heterocycles. The van der Waals surface area contributed by atoms with Crippen LogP contribution >= 0.6 is 11.6 Å². The Morgan fingerprint density at radius 1 is 1.09 bits per heavy atom. The summed E-state index contributed by atoms with van der Waals surface area (Å²) in [6, 6.07) is 12.5. The zero-order valence-electron chi connectivity index (χ0n) is 18.1. The van der Waals surface area contributed by atoms with Crippen LogP contribution in [-0.2, 0) is 4.79 Å². The Balaban J connectivity index is 1.66. The third-order valence-electron chi connectivity index (χ3n) is 5.35. The van der Waals surface area contributed by atoms with Crippen LogP contribution < -0.4 is 21.9 Å². The number of hydrogen-bond acceptors (Lipinski definition) is 5. The fourth-order valence-electron chi connectivity index (χ4n) is 3.61. The third-order valence-corrected chi connectivity index (χ3v) is 5.58. The number of anilines is 1. The molecule has 1 atom stereocenters.